The lowest BCUT2D eigenvalue weighted by Gasteiger charge is -2.34. The van der Waals surface area contributed by atoms with Crippen LogP contribution in [0.5, 0.6) is 11.5 Å². The average Bonchev–Trinajstić information content (AvgIpc) is 3.34. The SMILES string of the molecule is COc1ccc(CN2CCN(C(=O)c3csc4c(=O)[nH]c(-c5ccccn5)nc34)CC2)cc1OC. The van der Waals surface area contributed by atoms with Gasteiger partial charge in [-0.25, -0.2) is 4.98 Å². The zero-order chi connectivity index (χ0) is 24.4. The van der Waals surface area contributed by atoms with Crippen molar-refractivity contribution in [1.82, 2.24) is 24.8 Å². The Kier molecular flexibility index (Phi) is 6.47. The van der Waals surface area contributed by atoms with E-state index >= 15 is 0 Å². The highest BCUT2D eigenvalue weighted by Gasteiger charge is 2.26. The first-order valence-corrected chi connectivity index (χ1v) is 12.1. The van der Waals surface area contributed by atoms with E-state index in [1.165, 1.54) is 11.3 Å². The Hall–Kier alpha value is -3.76. The van der Waals surface area contributed by atoms with Crippen LogP contribution in [-0.4, -0.2) is 71.1 Å². The Balaban J connectivity index is 1.30. The van der Waals surface area contributed by atoms with Gasteiger partial charge in [0, 0.05) is 44.3 Å². The summed E-state index contributed by atoms with van der Waals surface area (Å²) < 4.78 is 11.2. The van der Waals surface area contributed by atoms with Crippen molar-refractivity contribution in [3.05, 3.63) is 69.5 Å². The molecule has 4 aromatic rings. The van der Waals surface area contributed by atoms with Crippen LogP contribution in [0.1, 0.15) is 15.9 Å². The lowest BCUT2D eigenvalue weighted by Crippen LogP contribution is -2.48. The van der Waals surface area contributed by atoms with Crippen LogP contribution in [0, 0.1) is 0 Å². The third-order valence-corrected chi connectivity index (χ3v) is 7.05. The molecule has 10 heteroatoms. The minimum absolute atomic E-state index is 0.105. The monoisotopic (exact) mass is 491 g/mol. The van der Waals surface area contributed by atoms with Gasteiger partial charge in [-0.1, -0.05) is 12.1 Å². The van der Waals surface area contributed by atoms with Crippen LogP contribution in [0.15, 0.2) is 52.8 Å². The summed E-state index contributed by atoms with van der Waals surface area (Å²) in [6, 6.07) is 11.3. The molecule has 0 bridgehead atoms. The molecule has 1 aliphatic rings. The van der Waals surface area contributed by atoms with E-state index < -0.39 is 0 Å². The minimum Gasteiger partial charge on any atom is -0.493 e. The molecule has 1 aliphatic heterocycles. The van der Waals surface area contributed by atoms with E-state index in [1.807, 2.05) is 29.2 Å². The number of carbonyl (C=O) groups excluding carboxylic acids is 1. The fraction of sp³-hybridized carbons (Fsp3) is 0.280. The van der Waals surface area contributed by atoms with Gasteiger partial charge in [0.1, 0.15) is 15.9 Å². The maximum atomic E-state index is 13.4. The number of aromatic amines is 1. The molecule has 0 unspecified atom stereocenters. The maximum Gasteiger partial charge on any atom is 0.269 e. The largest absolute Gasteiger partial charge is 0.493 e. The lowest BCUT2D eigenvalue weighted by atomic mass is 10.1. The van der Waals surface area contributed by atoms with E-state index in [0.29, 0.717) is 51.9 Å². The number of thiophene rings is 1. The van der Waals surface area contributed by atoms with E-state index in [-0.39, 0.29) is 11.5 Å². The van der Waals surface area contributed by atoms with Gasteiger partial charge in [0.15, 0.2) is 17.3 Å². The molecule has 1 amide bonds. The molecule has 0 radical (unpaired) electrons. The van der Waals surface area contributed by atoms with Gasteiger partial charge in [-0.3, -0.25) is 19.5 Å². The van der Waals surface area contributed by atoms with Crippen molar-refractivity contribution in [1.29, 1.82) is 0 Å². The summed E-state index contributed by atoms with van der Waals surface area (Å²) in [5, 5.41) is 1.73. The number of H-pyrrole nitrogens is 1. The van der Waals surface area contributed by atoms with Crippen LogP contribution in [-0.2, 0) is 6.54 Å². The standard InChI is InChI=1S/C25H25N5O4S/c1-33-19-7-6-16(13-20(19)34-2)14-29-9-11-30(12-10-29)25(32)17-15-35-22-21(17)27-23(28-24(22)31)18-5-3-4-8-26-18/h3-8,13,15H,9-12,14H2,1-2H3,(H,27,28,31). The number of aromatic nitrogens is 3. The van der Waals surface area contributed by atoms with E-state index in [0.717, 1.165) is 25.2 Å². The fourth-order valence-electron chi connectivity index (χ4n) is 4.22. The third-order valence-electron chi connectivity index (χ3n) is 6.08. The zero-order valence-electron chi connectivity index (χ0n) is 19.5. The smallest absolute Gasteiger partial charge is 0.269 e. The summed E-state index contributed by atoms with van der Waals surface area (Å²) >= 11 is 1.24. The molecule has 9 nitrogen and oxygen atoms in total. The van der Waals surface area contributed by atoms with Gasteiger partial charge < -0.3 is 19.4 Å². The summed E-state index contributed by atoms with van der Waals surface area (Å²) in [5.41, 5.74) is 2.30. The second kappa shape index (κ2) is 9.85. The molecule has 35 heavy (non-hydrogen) atoms. The number of piperazine rings is 1. The molecule has 1 fully saturated rings. The van der Waals surface area contributed by atoms with Crippen molar-refractivity contribution >= 4 is 27.5 Å². The van der Waals surface area contributed by atoms with Crippen LogP contribution >= 0.6 is 11.3 Å². The van der Waals surface area contributed by atoms with Crippen molar-refractivity contribution in [3.63, 3.8) is 0 Å². The van der Waals surface area contributed by atoms with E-state index in [9.17, 15) is 9.59 Å². The Morgan fingerprint density at radius 2 is 1.89 bits per heavy atom. The van der Waals surface area contributed by atoms with Gasteiger partial charge in [0.25, 0.3) is 11.5 Å². The molecule has 0 saturated carbocycles. The van der Waals surface area contributed by atoms with Crippen LogP contribution in [0.2, 0.25) is 0 Å². The Bertz CT molecular complexity index is 1410. The van der Waals surface area contributed by atoms with Gasteiger partial charge >= 0.3 is 0 Å². The van der Waals surface area contributed by atoms with Gasteiger partial charge in [-0.15, -0.1) is 11.3 Å². The molecule has 1 aromatic carbocycles. The number of nitrogens with zero attached hydrogens (tertiary/aromatic N) is 4. The third kappa shape index (κ3) is 4.62. The fourth-order valence-corrected chi connectivity index (χ4v) is 5.09. The van der Waals surface area contributed by atoms with Crippen LogP contribution < -0.4 is 15.0 Å². The first kappa shape index (κ1) is 23.0. The molecular weight excluding hydrogens is 466 g/mol. The Labute approximate surface area is 206 Å². The molecule has 0 spiro atoms. The van der Waals surface area contributed by atoms with Crippen molar-refractivity contribution < 1.29 is 14.3 Å². The number of hydrogen-bond donors (Lipinski definition) is 1. The Morgan fingerprint density at radius 3 is 2.60 bits per heavy atom. The first-order chi connectivity index (χ1) is 17.1. The molecule has 1 saturated heterocycles. The maximum absolute atomic E-state index is 13.4. The lowest BCUT2D eigenvalue weighted by molar-refractivity contribution is 0.0630. The number of pyridine rings is 1. The molecule has 1 N–H and O–H groups in total. The van der Waals surface area contributed by atoms with Crippen LogP contribution in [0.4, 0.5) is 0 Å². The number of nitrogens with one attached hydrogen (secondary N) is 1. The Morgan fingerprint density at radius 1 is 1.09 bits per heavy atom. The van der Waals surface area contributed by atoms with Gasteiger partial charge in [-0.05, 0) is 29.8 Å². The normalized spacial score (nSPS) is 14.3. The molecule has 4 heterocycles. The average molecular weight is 492 g/mol. The minimum atomic E-state index is -0.264. The summed E-state index contributed by atoms with van der Waals surface area (Å²) in [4.78, 5) is 41.8. The van der Waals surface area contributed by atoms with Crippen LogP contribution in [0.3, 0.4) is 0 Å². The predicted octanol–water partition coefficient (Wildman–Crippen LogP) is 3.02. The summed E-state index contributed by atoms with van der Waals surface area (Å²) in [5.74, 6) is 1.66. The number of ether oxygens (including phenoxy) is 2. The number of hydrogen-bond acceptors (Lipinski definition) is 8. The van der Waals surface area contributed by atoms with Crippen molar-refractivity contribution in [3.8, 4) is 23.0 Å². The molecular formula is C25H25N5O4S. The molecule has 3 aromatic heterocycles. The highest BCUT2D eigenvalue weighted by Crippen LogP contribution is 2.28. The van der Waals surface area contributed by atoms with E-state index in [2.05, 4.69) is 19.9 Å². The number of amides is 1. The molecule has 5 rings (SSSR count). The van der Waals surface area contributed by atoms with E-state index in [1.54, 1.807) is 37.9 Å². The number of rotatable bonds is 6. The highest BCUT2D eigenvalue weighted by molar-refractivity contribution is 7.17. The summed E-state index contributed by atoms with van der Waals surface area (Å²) in [6.45, 7) is 3.44. The number of methoxy groups -OCH3 is 2. The van der Waals surface area contributed by atoms with Crippen molar-refractivity contribution in [2.24, 2.45) is 0 Å². The zero-order valence-corrected chi connectivity index (χ0v) is 20.3. The van der Waals surface area contributed by atoms with Crippen molar-refractivity contribution in [2.45, 2.75) is 6.54 Å². The van der Waals surface area contributed by atoms with Crippen molar-refractivity contribution in [2.75, 3.05) is 40.4 Å². The van der Waals surface area contributed by atoms with E-state index in [4.69, 9.17) is 9.47 Å². The number of carbonyl (C=O) groups is 1. The molecule has 0 aliphatic carbocycles. The van der Waals surface area contributed by atoms with Gasteiger partial charge in [-0.2, -0.15) is 0 Å². The summed E-state index contributed by atoms with van der Waals surface area (Å²) in [6.07, 6.45) is 1.64. The molecule has 0 atom stereocenters. The van der Waals surface area contributed by atoms with Crippen LogP contribution in [0.25, 0.3) is 21.7 Å². The van der Waals surface area contributed by atoms with Gasteiger partial charge in [0.2, 0.25) is 0 Å². The quantitative estimate of drug-likeness (QED) is 0.442. The predicted molar refractivity (Wildman–Crippen MR) is 134 cm³/mol. The highest BCUT2D eigenvalue weighted by atomic mass is 32.1. The second-order valence-electron chi connectivity index (χ2n) is 8.21. The number of benzene rings is 1. The first-order valence-electron chi connectivity index (χ1n) is 11.2. The molecule has 180 valence electrons. The summed E-state index contributed by atoms with van der Waals surface area (Å²) in [7, 11) is 3.25. The van der Waals surface area contributed by atoms with Gasteiger partial charge in [0.05, 0.1) is 19.8 Å². The topological polar surface area (TPSA) is 101 Å². The second-order valence-corrected chi connectivity index (χ2v) is 9.09. The number of fused-ring (bicyclic) bond motifs is 1.